The van der Waals surface area contributed by atoms with Gasteiger partial charge in [-0.15, -0.1) is 0 Å². The predicted octanol–water partition coefficient (Wildman–Crippen LogP) is 1.31. The highest BCUT2D eigenvalue weighted by Crippen LogP contribution is 2.25. The Morgan fingerprint density at radius 2 is 1.74 bits per heavy atom. The van der Waals surface area contributed by atoms with Crippen LogP contribution in [0.2, 0.25) is 0 Å². The van der Waals surface area contributed by atoms with E-state index in [1.165, 1.54) is 0 Å². The van der Waals surface area contributed by atoms with E-state index in [2.05, 4.69) is 10.9 Å². The fraction of sp³-hybridized carbons (Fsp3) is 0.429. The standard InChI is InChI=1S/C14H19N3O2/c1-17(2)12-8-6-11(7-9-12)14(19)16-15-13(18)10-4-3-5-10/h6-10H,3-5H2,1-2H3,(H,15,18)(H,16,19). The number of nitrogens with one attached hydrogen (secondary N) is 2. The quantitative estimate of drug-likeness (QED) is 0.807. The number of nitrogens with zero attached hydrogens (tertiary/aromatic N) is 1. The Hall–Kier alpha value is -2.04. The fourth-order valence-corrected chi connectivity index (χ4v) is 1.87. The monoisotopic (exact) mass is 261 g/mol. The van der Waals surface area contributed by atoms with Gasteiger partial charge in [0, 0.05) is 31.3 Å². The Morgan fingerprint density at radius 3 is 2.21 bits per heavy atom. The van der Waals surface area contributed by atoms with Gasteiger partial charge in [-0.05, 0) is 37.1 Å². The second kappa shape index (κ2) is 5.73. The molecule has 5 heteroatoms. The first-order valence-corrected chi connectivity index (χ1v) is 6.45. The second-order valence-corrected chi connectivity index (χ2v) is 5.01. The molecule has 2 amide bonds. The number of hydrazine groups is 1. The summed E-state index contributed by atoms with van der Waals surface area (Å²) < 4.78 is 0. The van der Waals surface area contributed by atoms with Crippen molar-refractivity contribution in [2.75, 3.05) is 19.0 Å². The van der Waals surface area contributed by atoms with E-state index in [0.29, 0.717) is 5.56 Å². The molecule has 0 bridgehead atoms. The lowest BCUT2D eigenvalue weighted by atomic mass is 9.85. The topological polar surface area (TPSA) is 61.4 Å². The van der Waals surface area contributed by atoms with Crippen LogP contribution in [0.15, 0.2) is 24.3 Å². The Balaban J connectivity index is 1.86. The normalized spacial score (nSPS) is 14.4. The first kappa shape index (κ1) is 13.4. The van der Waals surface area contributed by atoms with Gasteiger partial charge >= 0.3 is 0 Å². The molecule has 0 unspecified atom stereocenters. The highest BCUT2D eigenvalue weighted by atomic mass is 16.2. The lowest BCUT2D eigenvalue weighted by molar-refractivity contribution is -0.128. The summed E-state index contributed by atoms with van der Waals surface area (Å²) in [6.45, 7) is 0. The zero-order chi connectivity index (χ0) is 13.8. The minimum Gasteiger partial charge on any atom is -0.378 e. The molecular formula is C14H19N3O2. The highest BCUT2D eigenvalue weighted by molar-refractivity contribution is 5.95. The molecule has 0 spiro atoms. The van der Waals surface area contributed by atoms with Crippen LogP contribution in [0.25, 0.3) is 0 Å². The summed E-state index contributed by atoms with van der Waals surface area (Å²) in [5.74, 6) is -0.320. The number of rotatable bonds is 3. The summed E-state index contributed by atoms with van der Waals surface area (Å²) in [5.41, 5.74) is 6.47. The van der Waals surface area contributed by atoms with Gasteiger partial charge in [-0.3, -0.25) is 20.4 Å². The summed E-state index contributed by atoms with van der Waals surface area (Å²) in [5, 5.41) is 0. The molecule has 1 aliphatic rings. The Morgan fingerprint density at radius 1 is 1.11 bits per heavy atom. The molecule has 0 radical (unpaired) electrons. The summed E-state index contributed by atoms with van der Waals surface area (Å²) in [6.07, 6.45) is 2.93. The van der Waals surface area contributed by atoms with Gasteiger partial charge in [0.25, 0.3) is 5.91 Å². The summed E-state index contributed by atoms with van der Waals surface area (Å²) in [4.78, 5) is 25.4. The van der Waals surface area contributed by atoms with Gasteiger partial charge in [0.05, 0.1) is 0 Å². The third-order valence-corrected chi connectivity index (χ3v) is 3.42. The van der Waals surface area contributed by atoms with Crippen LogP contribution in [-0.2, 0) is 4.79 Å². The number of amides is 2. The smallest absolute Gasteiger partial charge is 0.269 e. The number of hydrogen-bond acceptors (Lipinski definition) is 3. The predicted molar refractivity (Wildman–Crippen MR) is 73.7 cm³/mol. The van der Waals surface area contributed by atoms with Gasteiger partial charge < -0.3 is 4.90 Å². The molecule has 0 aromatic heterocycles. The number of benzene rings is 1. The van der Waals surface area contributed by atoms with Crippen molar-refractivity contribution in [2.45, 2.75) is 19.3 Å². The molecule has 0 aliphatic heterocycles. The molecule has 1 fully saturated rings. The first-order chi connectivity index (χ1) is 9.08. The first-order valence-electron chi connectivity index (χ1n) is 6.45. The molecule has 0 atom stereocenters. The summed E-state index contributed by atoms with van der Waals surface area (Å²) in [6, 6.07) is 7.20. The molecular weight excluding hydrogens is 242 g/mol. The zero-order valence-corrected chi connectivity index (χ0v) is 11.3. The van der Waals surface area contributed by atoms with Crippen LogP contribution in [0, 0.1) is 5.92 Å². The minimum atomic E-state index is -0.294. The summed E-state index contributed by atoms with van der Waals surface area (Å²) in [7, 11) is 3.88. The van der Waals surface area contributed by atoms with Crippen LogP contribution in [0.4, 0.5) is 5.69 Å². The third kappa shape index (κ3) is 3.24. The fourth-order valence-electron chi connectivity index (χ4n) is 1.87. The van der Waals surface area contributed by atoms with Crippen molar-refractivity contribution in [1.82, 2.24) is 10.9 Å². The Kier molecular flexibility index (Phi) is 4.04. The lowest BCUT2D eigenvalue weighted by Crippen LogP contribution is -2.46. The Labute approximate surface area is 112 Å². The lowest BCUT2D eigenvalue weighted by Gasteiger charge is -2.24. The number of carbonyl (C=O) groups excluding carboxylic acids is 2. The van der Waals surface area contributed by atoms with Gasteiger partial charge in [-0.2, -0.15) is 0 Å². The molecule has 2 N–H and O–H groups in total. The average molecular weight is 261 g/mol. The van der Waals surface area contributed by atoms with E-state index in [9.17, 15) is 9.59 Å². The minimum absolute atomic E-state index is 0.0661. The van der Waals surface area contributed by atoms with Gasteiger partial charge in [0.15, 0.2) is 0 Å². The zero-order valence-electron chi connectivity index (χ0n) is 11.3. The van der Waals surface area contributed by atoms with E-state index < -0.39 is 0 Å². The number of anilines is 1. The maximum atomic E-state index is 11.8. The van der Waals surface area contributed by atoms with Crippen molar-refractivity contribution in [3.8, 4) is 0 Å². The van der Waals surface area contributed by atoms with Crippen molar-refractivity contribution in [1.29, 1.82) is 0 Å². The largest absolute Gasteiger partial charge is 0.378 e. The summed E-state index contributed by atoms with van der Waals surface area (Å²) >= 11 is 0. The molecule has 19 heavy (non-hydrogen) atoms. The number of hydrogen-bond donors (Lipinski definition) is 2. The highest BCUT2D eigenvalue weighted by Gasteiger charge is 2.25. The molecule has 0 heterocycles. The van der Waals surface area contributed by atoms with Gasteiger partial charge in [0.1, 0.15) is 0 Å². The SMILES string of the molecule is CN(C)c1ccc(C(=O)NNC(=O)C2CCC2)cc1. The van der Waals surface area contributed by atoms with Crippen molar-refractivity contribution in [3.05, 3.63) is 29.8 Å². The van der Waals surface area contributed by atoms with Gasteiger partial charge in [0.2, 0.25) is 5.91 Å². The maximum Gasteiger partial charge on any atom is 0.269 e. The van der Waals surface area contributed by atoms with Crippen molar-refractivity contribution in [2.24, 2.45) is 5.92 Å². The van der Waals surface area contributed by atoms with E-state index in [0.717, 1.165) is 24.9 Å². The van der Waals surface area contributed by atoms with Crippen LogP contribution < -0.4 is 15.8 Å². The molecule has 1 aromatic carbocycles. The van der Waals surface area contributed by atoms with E-state index in [1.54, 1.807) is 12.1 Å². The molecule has 1 aliphatic carbocycles. The van der Waals surface area contributed by atoms with Crippen LogP contribution in [0.5, 0.6) is 0 Å². The molecule has 102 valence electrons. The molecule has 1 saturated carbocycles. The van der Waals surface area contributed by atoms with E-state index in [1.807, 2.05) is 31.1 Å². The van der Waals surface area contributed by atoms with Gasteiger partial charge in [-0.1, -0.05) is 6.42 Å². The van der Waals surface area contributed by atoms with Crippen LogP contribution in [0.3, 0.4) is 0 Å². The number of carbonyl (C=O) groups is 2. The second-order valence-electron chi connectivity index (χ2n) is 5.01. The van der Waals surface area contributed by atoms with E-state index in [-0.39, 0.29) is 17.7 Å². The van der Waals surface area contributed by atoms with Crippen molar-refractivity contribution in [3.63, 3.8) is 0 Å². The Bertz CT molecular complexity index is 464. The van der Waals surface area contributed by atoms with Crippen molar-refractivity contribution >= 4 is 17.5 Å². The average Bonchev–Trinajstić information content (AvgIpc) is 2.34. The molecule has 1 aromatic rings. The molecule has 2 rings (SSSR count). The molecule has 0 saturated heterocycles. The van der Waals surface area contributed by atoms with Crippen LogP contribution in [0.1, 0.15) is 29.6 Å². The van der Waals surface area contributed by atoms with Crippen molar-refractivity contribution < 1.29 is 9.59 Å². The molecule has 5 nitrogen and oxygen atoms in total. The maximum absolute atomic E-state index is 11.8. The van der Waals surface area contributed by atoms with Gasteiger partial charge in [-0.25, -0.2) is 0 Å². The van der Waals surface area contributed by atoms with E-state index in [4.69, 9.17) is 0 Å². The van der Waals surface area contributed by atoms with Crippen LogP contribution in [-0.4, -0.2) is 25.9 Å². The van der Waals surface area contributed by atoms with E-state index >= 15 is 0 Å². The third-order valence-electron chi connectivity index (χ3n) is 3.42. The van der Waals surface area contributed by atoms with Crippen LogP contribution >= 0.6 is 0 Å².